The second-order valence-electron chi connectivity index (χ2n) is 2.89. The van der Waals surface area contributed by atoms with Gasteiger partial charge in [0.2, 0.25) is 5.91 Å². The van der Waals surface area contributed by atoms with Crippen molar-refractivity contribution in [3.05, 3.63) is 25.3 Å². The SMILES string of the molecule is C=CC(=O)NCC(C)C.C=CC(=O)O.[H-].[H-].[Na+].[Na+]. The summed E-state index contributed by atoms with van der Waals surface area (Å²) < 4.78 is 0. The summed E-state index contributed by atoms with van der Waals surface area (Å²) in [6.07, 6.45) is 2.11. The molecule has 0 spiro atoms. The summed E-state index contributed by atoms with van der Waals surface area (Å²) in [5.41, 5.74) is 0. The van der Waals surface area contributed by atoms with E-state index < -0.39 is 5.97 Å². The Morgan fingerprint density at radius 3 is 1.88 bits per heavy atom. The third kappa shape index (κ3) is 29.3. The van der Waals surface area contributed by atoms with Crippen LogP contribution in [0, 0.1) is 5.92 Å². The van der Waals surface area contributed by atoms with Gasteiger partial charge < -0.3 is 13.3 Å². The van der Waals surface area contributed by atoms with Crippen LogP contribution in [0.4, 0.5) is 0 Å². The Labute approximate surface area is 144 Å². The van der Waals surface area contributed by atoms with Crippen molar-refractivity contribution >= 4 is 11.9 Å². The summed E-state index contributed by atoms with van der Waals surface area (Å²) in [5, 5.41) is 10.3. The predicted molar refractivity (Wildman–Crippen MR) is 58.1 cm³/mol. The number of hydrogen-bond donors (Lipinski definition) is 2. The Morgan fingerprint density at radius 2 is 1.69 bits per heavy atom. The minimum absolute atomic E-state index is 0. The summed E-state index contributed by atoms with van der Waals surface area (Å²) in [6.45, 7) is 11.1. The topological polar surface area (TPSA) is 66.4 Å². The van der Waals surface area contributed by atoms with Crippen LogP contribution in [0.1, 0.15) is 16.7 Å². The van der Waals surface area contributed by atoms with Crippen molar-refractivity contribution in [2.24, 2.45) is 5.92 Å². The van der Waals surface area contributed by atoms with E-state index in [9.17, 15) is 9.59 Å². The standard InChI is InChI=1S/C7H13NO.C3H4O2.2Na.2H/c1-4-7(9)8-5-6(2)3;1-2-3(4)5;;;;/h4,6H,1,5H2,2-3H3,(H,8,9);2H,1H2,(H,4,5);;;;/q;;2*+1;2*-1. The molecule has 0 radical (unpaired) electrons. The average Bonchev–Trinajstić information content (AvgIpc) is 2.14. The maximum atomic E-state index is 10.5. The van der Waals surface area contributed by atoms with E-state index in [0.29, 0.717) is 5.92 Å². The Kier molecular flexibility index (Phi) is 28.2. The smallest absolute Gasteiger partial charge is 1.00 e. The molecule has 0 aromatic rings. The molecular formula is C10H19NNa2O3. The molecule has 6 heteroatoms. The van der Waals surface area contributed by atoms with Crippen molar-refractivity contribution in [1.82, 2.24) is 5.32 Å². The van der Waals surface area contributed by atoms with Gasteiger partial charge in [-0.2, -0.15) is 0 Å². The summed E-state index contributed by atoms with van der Waals surface area (Å²) in [6, 6.07) is 0. The normalized spacial score (nSPS) is 7.19. The van der Waals surface area contributed by atoms with Crippen LogP contribution in [0.15, 0.2) is 25.3 Å². The van der Waals surface area contributed by atoms with Crippen LogP contribution in [0.25, 0.3) is 0 Å². The van der Waals surface area contributed by atoms with Crippen molar-refractivity contribution in [3.63, 3.8) is 0 Å². The fourth-order valence-electron chi connectivity index (χ4n) is 0.377. The van der Waals surface area contributed by atoms with E-state index in [1.54, 1.807) is 0 Å². The Bertz CT molecular complexity index is 227. The van der Waals surface area contributed by atoms with Gasteiger partial charge in [-0.25, -0.2) is 4.79 Å². The molecule has 2 N–H and O–H groups in total. The molecule has 4 nitrogen and oxygen atoms in total. The van der Waals surface area contributed by atoms with Crippen molar-refractivity contribution in [2.45, 2.75) is 13.8 Å². The maximum Gasteiger partial charge on any atom is 1.00 e. The maximum absolute atomic E-state index is 10.5. The van der Waals surface area contributed by atoms with E-state index in [2.05, 4.69) is 18.5 Å². The number of nitrogens with one attached hydrogen (secondary N) is 1. The van der Waals surface area contributed by atoms with Gasteiger partial charge in [0.15, 0.2) is 0 Å². The molecule has 0 aliphatic carbocycles. The molecule has 0 bridgehead atoms. The number of rotatable bonds is 4. The second-order valence-corrected chi connectivity index (χ2v) is 2.89. The van der Waals surface area contributed by atoms with Crippen LogP contribution in [-0.2, 0) is 9.59 Å². The van der Waals surface area contributed by atoms with Crippen LogP contribution in [0.2, 0.25) is 0 Å². The molecule has 0 aliphatic rings. The van der Waals surface area contributed by atoms with Crippen molar-refractivity contribution in [3.8, 4) is 0 Å². The van der Waals surface area contributed by atoms with Crippen LogP contribution in [0.5, 0.6) is 0 Å². The fraction of sp³-hybridized carbons (Fsp3) is 0.400. The molecule has 0 rings (SSSR count). The van der Waals surface area contributed by atoms with E-state index in [0.717, 1.165) is 12.6 Å². The molecule has 1 amide bonds. The summed E-state index contributed by atoms with van der Waals surface area (Å²) in [5.74, 6) is -0.567. The van der Waals surface area contributed by atoms with Gasteiger partial charge in [0.1, 0.15) is 0 Å². The Hall–Kier alpha value is 0.420. The average molecular weight is 247 g/mol. The zero-order valence-corrected chi connectivity index (χ0v) is 14.6. The van der Waals surface area contributed by atoms with Gasteiger partial charge in [-0.15, -0.1) is 0 Å². The summed E-state index contributed by atoms with van der Waals surface area (Å²) >= 11 is 0. The Morgan fingerprint density at radius 1 is 1.31 bits per heavy atom. The third-order valence-electron chi connectivity index (χ3n) is 1.04. The third-order valence-corrected chi connectivity index (χ3v) is 1.04. The van der Waals surface area contributed by atoms with Gasteiger partial charge in [0.25, 0.3) is 0 Å². The first-order chi connectivity index (χ1) is 6.43. The van der Waals surface area contributed by atoms with Gasteiger partial charge in [0, 0.05) is 12.6 Å². The quantitative estimate of drug-likeness (QED) is 0.388. The zero-order valence-electron chi connectivity index (χ0n) is 12.6. The van der Waals surface area contributed by atoms with Gasteiger partial charge in [-0.1, -0.05) is 27.0 Å². The summed E-state index contributed by atoms with van der Waals surface area (Å²) in [7, 11) is 0. The molecule has 0 aromatic carbocycles. The van der Waals surface area contributed by atoms with E-state index in [1.807, 2.05) is 13.8 Å². The number of amides is 1. The zero-order chi connectivity index (χ0) is 11.6. The van der Waals surface area contributed by atoms with E-state index in [-0.39, 0.29) is 67.9 Å². The first-order valence-electron chi connectivity index (χ1n) is 4.19. The number of carbonyl (C=O) groups excluding carboxylic acids is 1. The number of carboxylic acids is 1. The molecule has 0 saturated heterocycles. The van der Waals surface area contributed by atoms with Gasteiger partial charge in [-0.3, -0.25) is 4.79 Å². The van der Waals surface area contributed by atoms with E-state index in [1.165, 1.54) is 6.08 Å². The van der Waals surface area contributed by atoms with Gasteiger partial charge >= 0.3 is 65.1 Å². The predicted octanol–water partition coefficient (Wildman–Crippen LogP) is -4.57. The van der Waals surface area contributed by atoms with Gasteiger partial charge in [-0.05, 0) is 12.0 Å². The molecule has 0 fully saturated rings. The molecule has 0 aromatic heterocycles. The Balaban J connectivity index is -0.0000000359. The first-order valence-corrected chi connectivity index (χ1v) is 4.19. The number of hydrogen-bond acceptors (Lipinski definition) is 2. The molecule has 0 unspecified atom stereocenters. The van der Waals surface area contributed by atoms with E-state index >= 15 is 0 Å². The molecule has 0 saturated carbocycles. The molecule has 0 aliphatic heterocycles. The van der Waals surface area contributed by atoms with Crippen LogP contribution in [-0.4, -0.2) is 23.5 Å². The van der Waals surface area contributed by atoms with E-state index in [4.69, 9.17) is 5.11 Å². The van der Waals surface area contributed by atoms with Crippen LogP contribution < -0.4 is 64.4 Å². The first kappa shape index (κ1) is 25.3. The van der Waals surface area contributed by atoms with Crippen molar-refractivity contribution in [1.29, 1.82) is 0 Å². The van der Waals surface area contributed by atoms with Crippen LogP contribution in [0.3, 0.4) is 0 Å². The van der Waals surface area contributed by atoms with Crippen LogP contribution >= 0.6 is 0 Å². The minimum atomic E-state index is -0.981. The molecule has 16 heavy (non-hydrogen) atoms. The molecule has 0 heterocycles. The number of carbonyl (C=O) groups is 2. The second kappa shape index (κ2) is 17.8. The van der Waals surface area contributed by atoms with Crippen molar-refractivity contribution in [2.75, 3.05) is 6.54 Å². The van der Waals surface area contributed by atoms with Crippen molar-refractivity contribution < 1.29 is 76.7 Å². The fourth-order valence-corrected chi connectivity index (χ4v) is 0.377. The molecule has 0 atom stereocenters. The van der Waals surface area contributed by atoms with Gasteiger partial charge in [0.05, 0.1) is 0 Å². The largest absolute Gasteiger partial charge is 1.00 e. The number of carboxylic acid groups (broad SMARTS) is 1. The molecular weight excluding hydrogens is 228 g/mol. The molecule has 84 valence electrons. The monoisotopic (exact) mass is 247 g/mol. The number of aliphatic carboxylic acids is 1. The summed E-state index contributed by atoms with van der Waals surface area (Å²) in [4.78, 5) is 19.7. The minimum Gasteiger partial charge on any atom is -1.00 e.